The number of carbonyl (C=O) groups excluding carboxylic acids is 3. The minimum Gasteiger partial charge on any atom is -0.545 e. The number of carboxylic acid groups (broad SMARTS) is 1. The highest BCUT2D eigenvalue weighted by Crippen LogP contribution is 2.21. The molecule has 1 rings (SSSR count). The number of hydrogen-bond donors (Lipinski definition) is 1. The smallest absolute Gasteiger partial charge is 0.406 e. The van der Waals surface area contributed by atoms with Gasteiger partial charge in [-0.05, 0) is 17.7 Å². The molecule has 1 amide bonds. The maximum Gasteiger partial charge on any atom is 0.406 e. The highest BCUT2D eigenvalue weighted by atomic mass is 19.4. The summed E-state index contributed by atoms with van der Waals surface area (Å²) in [5, 5.41) is 10.8. The van der Waals surface area contributed by atoms with Crippen LogP contribution in [0.15, 0.2) is 18.2 Å². The van der Waals surface area contributed by atoms with Gasteiger partial charge in [-0.2, -0.15) is 13.2 Å². The minimum absolute atomic E-state index is 0.186. The third kappa shape index (κ3) is 6.31. The lowest BCUT2D eigenvalue weighted by atomic mass is 10.1. The number of hydrogen-bond acceptors (Lipinski definition) is 6. The van der Waals surface area contributed by atoms with E-state index in [2.05, 4.69) is 4.74 Å². The van der Waals surface area contributed by atoms with Crippen molar-refractivity contribution in [3.8, 4) is 0 Å². The first-order chi connectivity index (χ1) is 11.9. The average molecular weight is 379 g/mol. The van der Waals surface area contributed by atoms with Gasteiger partial charge in [-0.25, -0.2) is 4.39 Å². The maximum absolute atomic E-state index is 13.8. The van der Waals surface area contributed by atoms with Gasteiger partial charge < -0.3 is 25.3 Å². The molecule has 144 valence electrons. The molecule has 0 bridgehead atoms. The Hall–Kier alpha value is -2.69. The first-order valence-electron chi connectivity index (χ1n) is 7.12. The molecule has 26 heavy (non-hydrogen) atoms. The minimum atomic E-state index is -4.83. The molecule has 0 heterocycles. The Morgan fingerprint density at radius 2 is 1.92 bits per heavy atom. The molecule has 1 atom stereocenters. The van der Waals surface area contributed by atoms with Crippen LogP contribution in [0.5, 0.6) is 0 Å². The molecule has 0 aliphatic rings. The number of carbonyl (C=O) groups is 3. The van der Waals surface area contributed by atoms with Crippen LogP contribution in [0, 0.1) is 5.82 Å². The van der Waals surface area contributed by atoms with Gasteiger partial charge in [0.05, 0.1) is 25.5 Å². The second-order valence-electron chi connectivity index (χ2n) is 5.29. The summed E-state index contributed by atoms with van der Waals surface area (Å²) in [5.41, 5.74) is 4.48. The van der Waals surface area contributed by atoms with Crippen LogP contribution in [0.4, 0.5) is 17.6 Å². The van der Waals surface area contributed by atoms with Crippen molar-refractivity contribution in [2.45, 2.75) is 25.2 Å². The number of alkyl halides is 3. The lowest BCUT2D eigenvalue weighted by Crippen LogP contribution is -2.48. The van der Waals surface area contributed by atoms with Crippen LogP contribution in [-0.4, -0.2) is 48.6 Å². The van der Waals surface area contributed by atoms with Crippen LogP contribution in [0.1, 0.15) is 22.3 Å². The zero-order chi connectivity index (χ0) is 20.1. The van der Waals surface area contributed by atoms with Crippen LogP contribution in [0.25, 0.3) is 0 Å². The van der Waals surface area contributed by atoms with E-state index >= 15 is 0 Å². The molecule has 1 aromatic rings. The summed E-state index contributed by atoms with van der Waals surface area (Å²) in [4.78, 5) is 34.3. The summed E-state index contributed by atoms with van der Waals surface area (Å²) in [6, 6.07) is 0.711. The summed E-state index contributed by atoms with van der Waals surface area (Å²) in [6.07, 6.45) is -5.51. The number of nitrogens with two attached hydrogens (primary N) is 1. The number of amides is 1. The largest absolute Gasteiger partial charge is 0.545 e. The molecule has 0 saturated heterocycles. The predicted octanol–water partition coefficient (Wildman–Crippen LogP) is -0.0295. The third-order valence-electron chi connectivity index (χ3n) is 3.26. The standard InChI is InChI=1S/C15H16F4N2O5/c1-26-12(22)5-11(20)13(23)21(7-15(17,18)19)6-9-4-8(14(24)25)2-3-10(9)16/h2-4,11H,5-7,20H2,1H3,(H,24,25)/p-1. The number of nitrogens with zero attached hydrogens (tertiary/aromatic N) is 1. The van der Waals surface area contributed by atoms with Crippen molar-refractivity contribution < 1.29 is 41.8 Å². The van der Waals surface area contributed by atoms with Crippen molar-refractivity contribution in [1.82, 2.24) is 4.90 Å². The number of halogens is 4. The topological polar surface area (TPSA) is 113 Å². The Labute approximate surface area is 145 Å². The van der Waals surface area contributed by atoms with Crippen molar-refractivity contribution in [2.75, 3.05) is 13.7 Å². The molecule has 0 aromatic heterocycles. The van der Waals surface area contributed by atoms with Crippen LogP contribution >= 0.6 is 0 Å². The predicted molar refractivity (Wildman–Crippen MR) is 76.8 cm³/mol. The van der Waals surface area contributed by atoms with Crippen molar-refractivity contribution in [1.29, 1.82) is 0 Å². The average Bonchev–Trinajstić information content (AvgIpc) is 2.53. The summed E-state index contributed by atoms with van der Waals surface area (Å²) in [5.74, 6) is -4.87. The fraction of sp³-hybridized carbons (Fsp3) is 0.400. The van der Waals surface area contributed by atoms with E-state index in [1.54, 1.807) is 0 Å². The molecule has 7 nitrogen and oxygen atoms in total. The van der Waals surface area contributed by atoms with Crippen molar-refractivity contribution in [3.05, 3.63) is 35.1 Å². The van der Waals surface area contributed by atoms with E-state index in [1.807, 2.05) is 0 Å². The van der Waals surface area contributed by atoms with E-state index in [1.165, 1.54) is 0 Å². The molecular weight excluding hydrogens is 364 g/mol. The molecule has 1 unspecified atom stereocenters. The van der Waals surface area contributed by atoms with E-state index in [-0.39, 0.29) is 4.90 Å². The first kappa shape index (κ1) is 21.4. The molecule has 2 N–H and O–H groups in total. The molecule has 0 aliphatic carbocycles. The van der Waals surface area contributed by atoms with Crippen molar-refractivity contribution in [2.24, 2.45) is 5.73 Å². The summed E-state index contributed by atoms with van der Waals surface area (Å²) in [6.45, 7) is -2.67. The second-order valence-corrected chi connectivity index (χ2v) is 5.29. The molecule has 1 aromatic carbocycles. The lowest BCUT2D eigenvalue weighted by molar-refractivity contribution is -0.255. The van der Waals surface area contributed by atoms with Gasteiger partial charge in [-0.15, -0.1) is 0 Å². The van der Waals surface area contributed by atoms with E-state index in [4.69, 9.17) is 5.73 Å². The van der Waals surface area contributed by atoms with Gasteiger partial charge in [0, 0.05) is 12.1 Å². The summed E-state index contributed by atoms with van der Waals surface area (Å²) >= 11 is 0. The van der Waals surface area contributed by atoms with Gasteiger partial charge in [0.25, 0.3) is 0 Å². The molecule has 0 saturated carbocycles. The summed E-state index contributed by atoms with van der Waals surface area (Å²) < 4.78 is 56.3. The van der Waals surface area contributed by atoms with Crippen molar-refractivity contribution >= 4 is 17.8 Å². The number of ether oxygens (including phenoxy) is 1. The van der Waals surface area contributed by atoms with Gasteiger partial charge in [0.1, 0.15) is 12.4 Å². The van der Waals surface area contributed by atoms with Gasteiger partial charge >= 0.3 is 12.1 Å². The Bertz CT molecular complexity index is 693. The van der Waals surface area contributed by atoms with Crippen LogP contribution in [0.3, 0.4) is 0 Å². The van der Waals surface area contributed by atoms with E-state index < -0.39 is 66.5 Å². The lowest BCUT2D eigenvalue weighted by Gasteiger charge is -2.27. The fourth-order valence-electron chi connectivity index (χ4n) is 2.04. The monoisotopic (exact) mass is 379 g/mol. The first-order valence-corrected chi connectivity index (χ1v) is 7.12. The maximum atomic E-state index is 13.8. The van der Waals surface area contributed by atoms with Crippen LogP contribution in [0.2, 0.25) is 0 Å². The van der Waals surface area contributed by atoms with Crippen LogP contribution < -0.4 is 10.8 Å². The Balaban J connectivity index is 3.11. The molecule has 0 aliphatic heterocycles. The number of benzene rings is 1. The van der Waals surface area contributed by atoms with E-state index in [9.17, 15) is 37.1 Å². The molecule has 0 fully saturated rings. The van der Waals surface area contributed by atoms with E-state index in [0.717, 1.165) is 25.3 Å². The Morgan fingerprint density at radius 1 is 1.31 bits per heavy atom. The summed E-state index contributed by atoms with van der Waals surface area (Å²) in [7, 11) is 1.01. The highest BCUT2D eigenvalue weighted by molar-refractivity contribution is 5.87. The zero-order valence-corrected chi connectivity index (χ0v) is 13.5. The SMILES string of the molecule is COC(=O)CC(N)C(=O)N(Cc1cc(C(=O)[O-])ccc1F)CC(F)(F)F. The molecule has 0 radical (unpaired) electrons. The quantitative estimate of drug-likeness (QED) is 0.526. The molecule has 11 heteroatoms. The zero-order valence-electron chi connectivity index (χ0n) is 13.5. The number of aromatic carboxylic acids is 1. The van der Waals surface area contributed by atoms with Gasteiger partial charge in [-0.3, -0.25) is 9.59 Å². The van der Waals surface area contributed by atoms with E-state index in [0.29, 0.717) is 0 Å². The third-order valence-corrected chi connectivity index (χ3v) is 3.26. The van der Waals surface area contributed by atoms with Gasteiger partial charge in [-0.1, -0.05) is 6.07 Å². The Kier molecular flexibility index (Phi) is 7.07. The molecular formula is C15H15F4N2O5-. The number of esters is 1. The van der Waals surface area contributed by atoms with Crippen molar-refractivity contribution in [3.63, 3.8) is 0 Å². The highest BCUT2D eigenvalue weighted by Gasteiger charge is 2.35. The number of rotatable bonds is 7. The fourth-order valence-corrected chi connectivity index (χ4v) is 2.04. The Morgan fingerprint density at radius 3 is 2.42 bits per heavy atom. The normalized spacial score (nSPS) is 12.4. The van der Waals surface area contributed by atoms with Gasteiger partial charge in [0.15, 0.2) is 0 Å². The second kappa shape index (κ2) is 8.61. The molecule has 0 spiro atoms. The van der Waals surface area contributed by atoms with Gasteiger partial charge in [0.2, 0.25) is 5.91 Å². The number of methoxy groups -OCH3 is 1. The number of carboxylic acids is 1. The van der Waals surface area contributed by atoms with Crippen LogP contribution in [-0.2, 0) is 20.9 Å².